The second-order valence-corrected chi connectivity index (χ2v) is 7.24. The lowest BCUT2D eigenvalue weighted by Crippen LogP contribution is -2.60. The molecule has 2 fully saturated rings. The SMILES string of the molecule is NC(Cc1cccc(Cl)c1)C1(N2CCCCC2)CCCC1. The minimum Gasteiger partial charge on any atom is -0.326 e. The molecule has 0 bridgehead atoms. The predicted octanol–water partition coefficient (Wildman–Crippen LogP) is 4.01. The number of halogens is 1. The summed E-state index contributed by atoms with van der Waals surface area (Å²) in [5.41, 5.74) is 8.26. The topological polar surface area (TPSA) is 29.3 Å². The van der Waals surface area contributed by atoms with Crippen LogP contribution < -0.4 is 5.73 Å². The lowest BCUT2D eigenvalue weighted by Gasteiger charge is -2.47. The highest BCUT2D eigenvalue weighted by Gasteiger charge is 2.44. The quantitative estimate of drug-likeness (QED) is 0.910. The summed E-state index contributed by atoms with van der Waals surface area (Å²) in [6.07, 6.45) is 10.2. The summed E-state index contributed by atoms with van der Waals surface area (Å²) in [6.45, 7) is 2.48. The molecule has 1 aromatic carbocycles. The molecular weight excluding hydrogens is 280 g/mol. The van der Waals surface area contributed by atoms with Crippen LogP contribution in [0.15, 0.2) is 24.3 Å². The first-order chi connectivity index (χ1) is 10.2. The molecule has 0 amide bonds. The first kappa shape index (κ1) is 15.3. The van der Waals surface area contributed by atoms with Gasteiger partial charge in [0.25, 0.3) is 0 Å². The van der Waals surface area contributed by atoms with Gasteiger partial charge in [-0.2, -0.15) is 0 Å². The summed E-state index contributed by atoms with van der Waals surface area (Å²) in [6, 6.07) is 8.42. The Morgan fingerprint density at radius 2 is 1.81 bits per heavy atom. The maximum absolute atomic E-state index is 6.74. The standard InChI is InChI=1S/C18H27ClN2/c19-16-8-6-7-15(13-16)14-17(20)18(9-2-3-10-18)21-11-4-1-5-12-21/h6-8,13,17H,1-5,9-12,14,20H2. The maximum atomic E-state index is 6.74. The summed E-state index contributed by atoms with van der Waals surface area (Å²) >= 11 is 6.12. The highest BCUT2D eigenvalue weighted by Crippen LogP contribution is 2.40. The average Bonchev–Trinajstić information content (AvgIpc) is 2.99. The van der Waals surface area contributed by atoms with Gasteiger partial charge in [-0.05, 0) is 62.9 Å². The summed E-state index contributed by atoms with van der Waals surface area (Å²) in [7, 11) is 0. The molecule has 2 N–H and O–H groups in total. The van der Waals surface area contributed by atoms with E-state index in [9.17, 15) is 0 Å². The minimum atomic E-state index is 0.219. The van der Waals surface area contributed by atoms with Crippen molar-refractivity contribution in [2.24, 2.45) is 5.73 Å². The van der Waals surface area contributed by atoms with Crippen molar-refractivity contribution in [3.05, 3.63) is 34.9 Å². The summed E-state index contributed by atoms with van der Waals surface area (Å²) in [5, 5.41) is 0.818. The molecule has 2 aliphatic rings. The molecule has 0 aromatic heterocycles. The lowest BCUT2D eigenvalue weighted by atomic mass is 9.82. The molecule has 0 spiro atoms. The molecule has 1 saturated carbocycles. The highest BCUT2D eigenvalue weighted by molar-refractivity contribution is 6.30. The van der Waals surface area contributed by atoms with E-state index in [2.05, 4.69) is 17.0 Å². The third-order valence-corrected chi connectivity index (χ3v) is 5.73. The fourth-order valence-corrected chi connectivity index (χ4v) is 4.57. The molecule has 1 atom stereocenters. The van der Waals surface area contributed by atoms with E-state index in [0.717, 1.165) is 11.4 Å². The van der Waals surface area contributed by atoms with E-state index in [4.69, 9.17) is 17.3 Å². The number of piperidine rings is 1. The van der Waals surface area contributed by atoms with Gasteiger partial charge < -0.3 is 5.73 Å². The van der Waals surface area contributed by atoms with Gasteiger partial charge in [0.2, 0.25) is 0 Å². The molecule has 21 heavy (non-hydrogen) atoms. The number of nitrogens with two attached hydrogens (primary N) is 1. The zero-order valence-corrected chi connectivity index (χ0v) is 13.6. The summed E-state index contributed by atoms with van der Waals surface area (Å²) in [5.74, 6) is 0. The van der Waals surface area contributed by atoms with Gasteiger partial charge in [-0.25, -0.2) is 0 Å². The predicted molar refractivity (Wildman–Crippen MR) is 89.8 cm³/mol. The van der Waals surface area contributed by atoms with E-state index in [1.807, 2.05) is 12.1 Å². The van der Waals surface area contributed by atoms with Crippen LogP contribution in [0.1, 0.15) is 50.5 Å². The zero-order valence-electron chi connectivity index (χ0n) is 12.9. The van der Waals surface area contributed by atoms with Gasteiger partial charge in [0.1, 0.15) is 0 Å². The molecule has 1 saturated heterocycles. The van der Waals surface area contributed by atoms with Crippen LogP contribution in [-0.4, -0.2) is 29.6 Å². The van der Waals surface area contributed by atoms with Crippen LogP contribution in [0.4, 0.5) is 0 Å². The fraction of sp³-hybridized carbons (Fsp3) is 0.667. The van der Waals surface area contributed by atoms with Crippen LogP contribution in [0.25, 0.3) is 0 Å². The second-order valence-electron chi connectivity index (χ2n) is 6.80. The number of likely N-dealkylation sites (tertiary alicyclic amines) is 1. The van der Waals surface area contributed by atoms with E-state index >= 15 is 0 Å². The van der Waals surface area contributed by atoms with Gasteiger partial charge in [0.05, 0.1) is 0 Å². The molecule has 2 nitrogen and oxygen atoms in total. The van der Waals surface area contributed by atoms with Crippen LogP contribution >= 0.6 is 11.6 Å². The van der Waals surface area contributed by atoms with Crippen LogP contribution in [0, 0.1) is 0 Å². The van der Waals surface area contributed by atoms with Crippen molar-refractivity contribution < 1.29 is 0 Å². The molecule has 1 aliphatic carbocycles. The Morgan fingerprint density at radius 1 is 1.10 bits per heavy atom. The molecule has 1 aromatic rings. The van der Waals surface area contributed by atoms with Crippen LogP contribution in [0.5, 0.6) is 0 Å². The van der Waals surface area contributed by atoms with Gasteiger partial charge in [0.15, 0.2) is 0 Å². The van der Waals surface area contributed by atoms with Crippen LogP contribution in [-0.2, 0) is 6.42 Å². The number of benzene rings is 1. The fourth-order valence-electron chi connectivity index (χ4n) is 4.36. The monoisotopic (exact) mass is 306 g/mol. The largest absolute Gasteiger partial charge is 0.326 e. The maximum Gasteiger partial charge on any atom is 0.0408 e. The van der Waals surface area contributed by atoms with E-state index < -0.39 is 0 Å². The van der Waals surface area contributed by atoms with Crippen molar-refractivity contribution >= 4 is 11.6 Å². The van der Waals surface area contributed by atoms with Gasteiger partial charge in [-0.15, -0.1) is 0 Å². The van der Waals surface area contributed by atoms with Crippen molar-refractivity contribution in [3.63, 3.8) is 0 Å². The molecule has 3 rings (SSSR count). The molecular formula is C18H27ClN2. The number of rotatable bonds is 4. The normalized spacial score (nSPS) is 24.1. The van der Waals surface area contributed by atoms with Crippen molar-refractivity contribution in [1.82, 2.24) is 4.90 Å². The number of nitrogens with zero attached hydrogens (tertiary/aromatic N) is 1. The Morgan fingerprint density at radius 3 is 2.48 bits per heavy atom. The van der Waals surface area contributed by atoms with Gasteiger partial charge in [-0.3, -0.25) is 4.90 Å². The summed E-state index contributed by atoms with van der Waals surface area (Å²) < 4.78 is 0. The van der Waals surface area contributed by atoms with E-state index in [-0.39, 0.29) is 11.6 Å². The Labute approximate surface area is 133 Å². The number of hydrogen-bond donors (Lipinski definition) is 1. The Bertz CT molecular complexity index is 462. The highest BCUT2D eigenvalue weighted by atomic mass is 35.5. The van der Waals surface area contributed by atoms with Crippen molar-refractivity contribution in [2.75, 3.05) is 13.1 Å². The minimum absolute atomic E-state index is 0.219. The van der Waals surface area contributed by atoms with Crippen LogP contribution in [0.2, 0.25) is 5.02 Å². The first-order valence-electron chi connectivity index (χ1n) is 8.46. The Kier molecular flexibility index (Phi) is 4.88. The molecule has 1 heterocycles. The Balaban J connectivity index is 1.76. The molecule has 1 unspecified atom stereocenters. The van der Waals surface area contributed by atoms with E-state index in [1.54, 1.807) is 0 Å². The van der Waals surface area contributed by atoms with E-state index in [1.165, 1.54) is 63.6 Å². The van der Waals surface area contributed by atoms with Gasteiger partial charge >= 0.3 is 0 Å². The van der Waals surface area contributed by atoms with Crippen molar-refractivity contribution in [1.29, 1.82) is 0 Å². The smallest absolute Gasteiger partial charge is 0.0408 e. The summed E-state index contributed by atoms with van der Waals surface area (Å²) in [4.78, 5) is 2.72. The zero-order chi connectivity index (χ0) is 14.7. The van der Waals surface area contributed by atoms with Crippen LogP contribution in [0.3, 0.4) is 0 Å². The van der Waals surface area contributed by atoms with Gasteiger partial charge in [0, 0.05) is 16.6 Å². The van der Waals surface area contributed by atoms with Crippen molar-refractivity contribution in [2.45, 2.75) is 62.9 Å². The Hall–Kier alpha value is -0.570. The molecule has 0 radical (unpaired) electrons. The average molecular weight is 307 g/mol. The van der Waals surface area contributed by atoms with E-state index in [0.29, 0.717) is 0 Å². The number of hydrogen-bond acceptors (Lipinski definition) is 2. The lowest BCUT2D eigenvalue weighted by molar-refractivity contribution is 0.0482. The molecule has 1 aliphatic heterocycles. The third kappa shape index (κ3) is 3.28. The van der Waals surface area contributed by atoms with Crippen molar-refractivity contribution in [3.8, 4) is 0 Å². The first-order valence-corrected chi connectivity index (χ1v) is 8.84. The third-order valence-electron chi connectivity index (χ3n) is 5.49. The molecule has 3 heteroatoms. The van der Waals surface area contributed by atoms with Gasteiger partial charge in [-0.1, -0.05) is 43.0 Å². The second kappa shape index (κ2) is 6.68. The molecule has 116 valence electrons.